The van der Waals surface area contributed by atoms with Gasteiger partial charge in [0.25, 0.3) is 0 Å². The number of hydrogen-bond donors (Lipinski definition) is 2. The monoisotopic (exact) mass is 508 g/mol. The van der Waals surface area contributed by atoms with Crippen LogP contribution in [0.1, 0.15) is 58.9 Å². The van der Waals surface area contributed by atoms with Crippen LogP contribution >= 0.6 is 0 Å². The van der Waals surface area contributed by atoms with Crippen LogP contribution in [-0.4, -0.2) is 50.3 Å². The minimum absolute atomic E-state index is 0.0908. The van der Waals surface area contributed by atoms with Crippen molar-refractivity contribution in [1.82, 2.24) is 10.2 Å². The zero-order valence-electron chi connectivity index (χ0n) is 23.8. The lowest BCUT2D eigenvalue weighted by Crippen LogP contribution is -3.07. The summed E-state index contributed by atoms with van der Waals surface area (Å²) < 4.78 is 5.26. The number of hydrogen-bond acceptors (Lipinski definition) is 2. The first-order valence-electron chi connectivity index (χ1n) is 13.6. The van der Waals surface area contributed by atoms with Crippen molar-refractivity contribution >= 4 is 6.03 Å². The van der Waals surface area contributed by atoms with Crippen molar-refractivity contribution in [2.24, 2.45) is 0 Å². The Hall–Kier alpha value is -3.05. The first kappa shape index (κ1) is 32.0. The van der Waals surface area contributed by atoms with E-state index >= 15 is 0 Å². The quantitative estimate of drug-likeness (QED) is 0.182. The third-order valence-corrected chi connectivity index (χ3v) is 6.54. The predicted octanol–water partition coefficient (Wildman–Crippen LogP) is 5.80. The Balaban J connectivity index is 0.000000384. The number of unbranched alkanes of at least 4 members (excludes halogenated alkanes) is 1. The summed E-state index contributed by atoms with van der Waals surface area (Å²) in [5.74, 6) is 1.04. The fraction of sp³-hybridized carbons (Fsp3) is 0.469. The second-order valence-electron chi connectivity index (χ2n) is 9.50. The molecule has 0 bridgehead atoms. The summed E-state index contributed by atoms with van der Waals surface area (Å²) in [6, 6.07) is 10.8. The molecule has 3 unspecified atom stereocenters. The molecule has 0 aliphatic carbocycles. The number of allylic oxidation sites excluding steroid dienone is 7. The topological polar surface area (TPSA) is 46.0 Å². The first-order valence-corrected chi connectivity index (χ1v) is 13.6. The van der Waals surface area contributed by atoms with Crippen LogP contribution in [-0.2, 0) is 10.3 Å². The molecule has 2 N–H and O–H groups in total. The first-order chi connectivity index (χ1) is 17.9. The maximum Gasteiger partial charge on any atom is 0.318 e. The van der Waals surface area contributed by atoms with Gasteiger partial charge >= 0.3 is 6.03 Å². The van der Waals surface area contributed by atoms with Crippen LogP contribution in [0.2, 0.25) is 0 Å². The Morgan fingerprint density at radius 1 is 1.16 bits per heavy atom. The molecule has 1 aromatic carbocycles. The zero-order chi connectivity index (χ0) is 27.5. The third kappa shape index (κ3) is 11.3. The van der Waals surface area contributed by atoms with Crippen LogP contribution in [0, 0.1) is 0 Å². The number of ether oxygens (including phenoxy) is 1. The summed E-state index contributed by atoms with van der Waals surface area (Å²) >= 11 is 0. The van der Waals surface area contributed by atoms with Crippen LogP contribution in [0.4, 0.5) is 4.79 Å². The van der Waals surface area contributed by atoms with Gasteiger partial charge in [-0.15, -0.1) is 0 Å². The number of nitrogens with zero attached hydrogens (tertiary/aromatic N) is 1. The molecule has 0 saturated carbocycles. The fourth-order valence-corrected chi connectivity index (χ4v) is 4.57. The van der Waals surface area contributed by atoms with E-state index in [1.807, 2.05) is 33.8 Å². The maximum absolute atomic E-state index is 12.6. The van der Waals surface area contributed by atoms with Crippen molar-refractivity contribution in [1.29, 1.82) is 0 Å². The lowest BCUT2D eigenvalue weighted by molar-refractivity contribution is -0.867. The molecule has 1 aromatic rings. The highest BCUT2D eigenvalue weighted by molar-refractivity contribution is 5.79. The van der Waals surface area contributed by atoms with Gasteiger partial charge in [-0.25, -0.2) is 4.79 Å². The standard InChI is InChI=1S/C18H25N3O.C10H18O.C4H6/c1-3-4-11-18(15-8-6-5-7-9-15)14-21(17(22)19-18)16-10-12-20(2)13-16;1-4-6-7-8-9-10(3)11-5-2;1-3-4-2/h3-9,16H,10-14H2,1-2H3,(H,19,22);4,6,9H,5,7-8H2,1-3H3;3-4H,1-2H2/p+1/b4-3-;6-4-,10-9+;. The fourth-order valence-electron chi connectivity index (χ4n) is 4.57. The summed E-state index contributed by atoms with van der Waals surface area (Å²) in [5, 5.41) is 3.29. The number of likely N-dealkylation sites (N-methyl/N-ethyl adjacent to an activating group) is 1. The molecule has 204 valence electrons. The highest BCUT2D eigenvalue weighted by Gasteiger charge is 2.46. The van der Waals surface area contributed by atoms with E-state index in [0.29, 0.717) is 6.04 Å². The van der Waals surface area contributed by atoms with Crippen LogP contribution < -0.4 is 10.2 Å². The molecule has 5 nitrogen and oxygen atoms in total. The van der Waals surface area contributed by atoms with Gasteiger partial charge in [0.05, 0.1) is 50.6 Å². The summed E-state index contributed by atoms with van der Waals surface area (Å²) in [5.41, 5.74) is 0.907. The van der Waals surface area contributed by atoms with Crippen LogP contribution in [0.5, 0.6) is 0 Å². The molecule has 2 aliphatic rings. The molecule has 2 fully saturated rings. The molecule has 37 heavy (non-hydrogen) atoms. The molecule has 2 heterocycles. The van der Waals surface area contributed by atoms with Gasteiger partial charge in [-0.05, 0) is 58.6 Å². The second-order valence-corrected chi connectivity index (χ2v) is 9.50. The number of quaternary nitrogens is 1. The number of rotatable bonds is 10. The van der Waals surface area contributed by atoms with Gasteiger partial charge in [-0.1, -0.05) is 79.9 Å². The predicted molar refractivity (Wildman–Crippen MR) is 158 cm³/mol. The van der Waals surface area contributed by atoms with Gasteiger partial charge < -0.3 is 19.9 Å². The molecule has 5 heteroatoms. The minimum atomic E-state index is -0.290. The van der Waals surface area contributed by atoms with Crippen molar-refractivity contribution in [3.05, 3.63) is 97.3 Å². The van der Waals surface area contributed by atoms with E-state index in [-0.39, 0.29) is 11.6 Å². The van der Waals surface area contributed by atoms with Crippen molar-refractivity contribution in [2.75, 3.05) is 33.3 Å². The smallest absolute Gasteiger partial charge is 0.318 e. The van der Waals surface area contributed by atoms with E-state index in [9.17, 15) is 4.79 Å². The van der Waals surface area contributed by atoms with E-state index in [0.717, 1.165) is 57.7 Å². The average Bonchev–Trinajstić information content (AvgIpc) is 3.49. The molecule has 0 radical (unpaired) electrons. The highest BCUT2D eigenvalue weighted by Crippen LogP contribution is 2.33. The van der Waals surface area contributed by atoms with Gasteiger partial charge in [0.1, 0.15) is 0 Å². The lowest BCUT2D eigenvalue weighted by atomic mass is 9.87. The normalized spacial score (nSPS) is 23.2. The number of benzene rings is 1. The largest absolute Gasteiger partial charge is 0.499 e. The summed E-state index contributed by atoms with van der Waals surface area (Å²) in [4.78, 5) is 16.2. The number of likely N-dealkylation sites (tertiary alicyclic amines) is 1. The van der Waals surface area contributed by atoms with E-state index in [2.05, 4.69) is 85.1 Å². The SMILES string of the molecule is C/C=C\CC/C=C(\C)OCC.C/C=C\CC1(c2ccccc2)CN(C2CC[NH+](C)C2)C(=O)N1.C=CC=C. The molecule has 0 spiro atoms. The molecule has 0 aromatic heterocycles. The molecule has 3 atom stereocenters. The summed E-state index contributed by atoms with van der Waals surface area (Å²) in [6.45, 7) is 18.5. The van der Waals surface area contributed by atoms with Crippen LogP contribution in [0.3, 0.4) is 0 Å². The van der Waals surface area contributed by atoms with Crippen LogP contribution in [0.15, 0.2) is 91.8 Å². The molecular weight excluding hydrogens is 458 g/mol. The Bertz CT molecular complexity index is 885. The average molecular weight is 509 g/mol. The minimum Gasteiger partial charge on any atom is -0.499 e. The Kier molecular flexibility index (Phi) is 15.8. The van der Waals surface area contributed by atoms with Crippen molar-refractivity contribution in [3.63, 3.8) is 0 Å². The van der Waals surface area contributed by atoms with Crippen molar-refractivity contribution in [3.8, 4) is 0 Å². The van der Waals surface area contributed by atoms with Gasteiger partial charge in [-0.3, -0.25) is 0 Å². The lowest BCUT2D eigenvalue weighted by Gasteiger charge is -2.29. The number of carbonyl (C=O) groups is 1. The van der Waals surface area contributed by atoms with Gasteiger partial charge in [-0.2, -0.15) is 0 Å². The molecule has 2 saturated heterocycles. The number of urea groups is 1. The molecule has 2 aliphatic heterocycles. The summed E-state index contributed by atoms with van der Waals surface area (Å²) in [7, 11) is 2.21. The maximum atomic E-state index is 12.6. The molecular formula is C32H50N3O2+. The highest BCUT2D eigenvalue weighted by atomic mass is 16.5. The molecule has 2 amide bonds. The Morgan fingerprint density at radius 3 is 2.38 bits per heavy atom. The van der Waals surface area contributed by atoms with E-state index < -0.39 is 0 Å². The van der Waals surface area contributed by atoms with E-state index in [4.69, 9.17) is 4.74 Å². The van der Waals surface area contributed by atoms with Crippen molar-refractivity contribution in [2.45, 2.75) is 65.0 Å². The van der Waals surface area contributed by atoms with Gasteiger partial charge in [0.2, 0.25) is 0 Å². The number of amides is 2. The Morgan fingerprint density at radius 2 is 1.84 bits per heavy atom. The molecule has 3 rings (SSSR count). The Labute approximate surface area is 226 Å². The van der Waals surface area contributed by atoms with Crippen molar-refractivity contribution < 1.29 is 14.4 Å². The van der Waals surface area contributed by atoms with E-state index in [1.165, 1.54) is 10.5 Å². The van der Waals surface area contributed by atoms with Crippen LogP contribution in [0.25, 0.3) is 0 Å². The number of nitrogens with one attached hydrogen (secondary N) is 2. The number of carbonyl (C=O) groups excluding carboxylic acids is 1. The third-order valence-electron chi connectivity index (χ3n) is 6.54. The van der Waals surface area contributed by atoms with E-state index in [1.54, 1.807) is 12.2 Å². The summed E-state index contributed by atoms with van der Waals surface area (Å²) in [6.07, 6.45) is 18.0. The zero-order valence-corrected chi connectivity index (χ0v) is 23.8. The van der Waals surface area contributed by atoms with Gasteiger partial charge in [0, 0.05) is 6.42 Å². The second kappa shape index (κ2) is 18.2. The van der Waals surface area contributed by atoms with Gasteiger partial charge in [0.15, 0.2) is 0 Å².